The highest BCUT2D eigenvalue weighted by molar-refractivity contribution is 7.91. The predicted octanol–water partition coefficient (Wildman–Crippen LogP) is 4.89. The molecule has 14 heteroatoms. The largest absolute Gasteiger partial charge is 0.482 e. The van der Waals surface area contributed by atoms with Crippen LogP contribution in [-0.2, 0) is 9.84 Å². The lowest BCUT2D eigenvalue weighted by atomic mass is 10.3. The number of anilines is 4. The minimum absolute atomic E-state index is 0.0600. The molecule has 1 aromatic carbocycles. The summed E-state index contributed by atoms with van der Waals surface area (Å²) in [6, 6.07) is 5.76. The molecule has 0 bridgehead atoms. The molecule has 2 N–H and O–H groups in total. The van der Waals surface area contributed by atoms with E-state index in [4.69, 9.17) is 16.3 Å². The van der Waals surface area contributed by atoms with E-state index in [2.05, 4.69) is 25.6 Å². The first-order valence-corrected chi connectivity index (χ1v) is 11.2. The number of nitrogens with one attached hydrogen (secondary N) is 2. The molecule has 8 nitrogen and oxygen atoms in total. The van der Waals surface area contributed by atoms with E-state index in [1.54, 1.807) is 0 Å². The summed E-state index contributed by atoms with van der Waals surface area (Å²) < 4.78 is 81.1. The first-order valence-electron chi connectivity index (χ1n) is 9.20. The van der Waals surface area contributed by atoms with Crippen molar-refractivity contribution in [3.63, 3.8) is 0 Å². The molecular weight excluding hydrogens is 490 g/mol. The zero-order valence-corrected chi connectivity index (χ0v) is 18.4. The van der Waals surface area contributed by atoms with E-state index < -0.39 is 28.4 Å². The topological polar surface area (TPSA) is 106 Å². The molecule has 2 heterocycles. The molecule has 0 saturated heterocycles. The number of hydrogen-bond donors (Lipinski definition) is 2. The van der Waals surface area contributed by atoms with Gasteiger partial charge in [0.1, 0.15) is 23.7 Å². The van der Waals surface area contributed by atoms with Crippen molar-refractivity contribution in [1.29, 1.82) is 0 Å². The van der Waals surface area contributed by atoms with Crippen LogP contribution in [0.15, 0.2) is 47.8 Å². The number of halogens is 5. The molecule has 0 spiro atoms. The number of pyridine rings is 1. The number of benzene rings is 1. The van der Waals surface area contributed by atoms with Gasteiger partial charge in [0.05, 0.1) is 21.4 Å². The Morgan fingerprint density at radius 2 is 1.76 bits per heavy atom. The smallest absolute Gasteiger partial charge is 0.422 e. The number of rotatable bonds is 8. The van der Waals surface area contributed by atoms with Crippen LogP contribution in [0.5, 0.6) is 5.75 Å². The van der Waals surface area contributed by atoms with Crippen LogP contribution in [0.4, 0.5) is 40.7 Å². The zero-order valence-electron chi connectivity index (χ0n) is 16.8. The van der Waals surface area contributed by atoms with Crippen LogP contribution in [-0.4, -0.2) is 41.9 Å². The van der Waals surface area contributed by atoms with E-state index in [0.717, 1.165) is 30.6 Å². The highest BCUT2D eigenvalue weighted by Crippen LogP contribution is 2.32. The second kappa shape index (κ2) is 9.75. The van der Waals surface area contributed by atoms with Gasteiger partial charge in [-0.15, -0.1) is 0 Å². The number of sulfone groups is 1. The fourth-order valence-electron chi connectivity index (χ4n) is 2.51. The maximum Gasteiger partial charge on any atom is 0.422 e. The molecule has 0 amide bonds. The second-order valence-electron chi connectivity index (χ2n) is 6.49. The van der Waals surface area contributed by atoms with Gasteiger partial charge in [-0.2, -0.15) is 13.2 Å². The molecule has 0 radical (unpaired) electrons. The average molecular weight is 506 g/mol. The van der Waals surface area contributed by atoms with Crippen molar-refractivity contribution in [3.8, 4) is 5.75 Å². The summed E-state index contributed by atoms with van der Waals surface area (Å²) in [5.41, 5.74) is -0.0748. The molecule has 0 atom stereocenters. The molecule has 0 aliphatic rings. The second-order valence-corrected chi connectivity index (χ2v) is 9.20. The Morgan fingerprint density at radius 3 is 2.39 bits per heavy atom. The van der Waals surface area contributed by atoms with Crippen molar-refractivity contribution in [3.05, 3.63) is 53.7 Å². The Morgan fingerprint density at radius 1 is 1.06 bits per heavy atom. The summed E-state index contributed by atoms with van der Waals surface area (Å²) in [5, 5.41) is 5.42. The summed E-state index contributed by atoms with van der Waals surface area (Å²) in [6.45, 7) is -0.150. The Hall–Kier alpha value is -3.19. The van der Waals surface area contributed by atoms with Crippen LogP contribution in [0.25, 0.3) is 0 Å². The fourth-order valence-corrected chi connectivity index (χ4v) is 3.56. The van der Waals surface area contributed by atoms with E-state index in [9.17, 15) is 26.0 Å². The van der Waals surface area contributed by atoms with Gasteiger partial charge in [0.2, 0.25) is 0 Å². The van der Waals surface area contributed by atoms with Crippen LogP contribution in [0.1, 0.15) is 6.92 Å². The van der Waals surface area contributed by atoms with Gasteiger partial charge >= 0.3 is 6.18 Å². The van der Waals surface area contributed by atoms with Crippen molar-refractivity contribution < 1.29 is 30.7 Å². The lowest BCUT2D eigenvalue weighted by molar-refractivity contribution is -0.153. The third-order valence-corrected chi connectivity index (χ3v) is 6.00. The molecule has 0 aliphatic heterocycles. The fraction of sp³-hybridized carbons (Fsp3) is 0.211. The van der Waals surface area contributed by atoms with E-state index in [0.29, 0.717) is 0 Å². The third-order valence-electron chi connectivity index (χ3n) is 4.07. The summed E-state index contributed by atoms with van der Waals surface area (Å²) in [5.74, 6) is -1.22. The molecule has 176 valence electrons. The Kier molecular flexibility index (Phi) is 7.22. The molecule has 0 fully saturated rings. The van der Waals surface area contributed by atoms with Crippen LogP contribution < -0.4 is 15.4 Å². The average Bonchev–Trinajstić information content (AvgIpc) is 2.74. The first kappa shape index (κ1) is 24.5. The zero-order chi connectivity index (χ0) is 24.2. The minimum Gasteiger partial charge on any atom is -0.482 e. The first-order chi connectivity index (χ1) is 15.5. The van der Waals surface area contributed by atoms with Gasteiger partial charge in [0.15, 0.2) is 28.1 Å². The molecular formula is C19H16ClF4N5O3S. The number of nitrogens with zero attached hydrogens (tertiary/aromatic N) is 3. The van der Waals surface area contributed by atoms with E-state index in [-0.39, 0.29) is 44.6 Å². The van der Waals surface area contributed by atoms with E-state index in [1.165, 1.54) is 19.2 Å². The summed E-state index contributed by atoms with van der Waals surface area (Å²) in [4.78, 5) is 11.6. The van der Waals surface area contributed by atoms with Gasteiger partial charge in [0, 0.05) is 12.3 Å². The molecule has 3 rings (SSSR count). The standard InChI is InChI=1S/C19H16ClF4N5O3S/c1-2-33(30,31)12-3-4-15(32-9-19(22,23)24)14(6-12)28-16-7-17(27-10-26-16)29-18-13(21)5-11(20)8-25-18/h3-8,10H,2,9H2,1H3,(H2,25,26,27,28,29). The van der Waals surface area contributed by atoms with Crippen molar-refractivity contribution >= 4 is 44.6 Å². The maximum absolute atomic E-state index is 14.0. The normalized spacial score (nSPS) is 11.8. The summed E-state index contributed by atoms with van der Waals surface area (Å²) in [7, 11) is -3.65. The van der Waals surface area contributed by atoms with Gasteiger partial charge in [-0.3, -0.25) is 0 Å². The highest BCUT2D eigenvalue weighted by Gasteiger charge is 2.29. The summed E-state index contributed by atoms with van der Waals surface area (Å²) in [6.07, 6.45) is -2.29. The molecule has 0 unspecified atom stereocenters. The SMILES string of the molecule is CCS(=O)(=O)c1ccc(OCC(F)(F)F)c(Nc2cc(Nc3ncc(Cl)cc3F)ncn2)c1. The molecule has 33 heavy (non-hydrogen) atoms. The van der Waals surface area contributed by atoms with Gasteiger partial charge in [-0.1, -0.05) is 18.5 Å². The lowest BCUT2D eigenvalue weighted by Gasteiger charge is -2.16. The van der Waals surface area contributed by atoms with Crippen LogP contribution in [0.3, 0.4) is 0 Å². The minimum atomic E-state index is -4.60. The number of aromatic nitrogens is 3. The molecule has 2 aromatic heterocycles. The van der Waals surface area contributed by atoms with Gasteiger partial charge in [-0.05, 0) is 24.3 Å². The van der Waals surface area contributed by atoms with Crippen molar-refractivity contribution in [1.82, 2.24) is 15.0 Å². The molecule has 3 aromatic rings. The Labute approximate surface area is 190 Å². The van der Waals surface area contributed by atoms with Crippen LogP contribution >= 0.6 is 11.6 Å². The van der Waals surface area contributed by atoms with Crippen LogP contribution in [0, 0.1) is 5.82 Å². The molecule has 0 saturated carbocycles. The quantitative estimate of drug-likeness (QED) is 0.417. The Balaban J connectivity index is 1.91. The predicted molar refractivity (Wildman–Crippen MR) is 114 cm³/mol. The maximum atomic E-state index is 14.0. The van der Waals surface area contributed by atoms with E-state index >= 15 is 0 Å². The third kappa shape index (κ3) is 6.65. The highest BCUT2D eigenvalue weighted by atomic mass is 35.5. The molecule has 0 aliphatic carbocycles. The number of alkyl halides is 3. The number of ether oxygens (including phenoxy) is 1. The monoisotopic (exact) mass is 505 g/mol. The van der Waals surface area contributed by atoms with Gasteiger partial charge < -0.3 is 15.4 Å². The lowest BCUT2D eigenvalue weighted by Crippen LogP contribution is -2.19. The van der Waals surface area contributed by atoms with Crippen molar-refractivity contribution in [2.24, 2.45) is 0 Å². The van der Waals surface area contributed by atoms with Gasteiger partial charge in [0.25, 0.3) is 0 Å². The Bertz CT molecular complexity index is 1260. The van der Waals surface area contributed by atoms with Crippen molar-refractivity contribution in [2.75, 3.05) is 23.0 Å². The van der Waals surface area contributed by atoms with Crippen LogP contribution in [0.2, 0.25) is 5.02 Å². The van der Waals surface area contributed by atoms with Crippen molar-refractivity contribution in [2.45, 2.75) is 18.0 Å². The summed E-state index contributed by atoms with van der Waals surface area (Å²) >= 11 is 5.67. The van der Waals surface area contributed by atoms with E-state index in [1.807, 2.05) is 0 Å². The van der Waals surface area contributed by atoms with Gasteiger partial charge in [-0.25, -0.2) is 27.8 Å². The number of hydrogen-bond acceptors (Lipinski definition) is 8.